The maximum Gasteiger partial charge on any atom is 0.349 e. The highest BCUT2D eigenvalue weighted by atomic mass is 16.5. The van der Waals surface area contributed by atoms with Gasteiger partial charge in [-0.3, -0.25) is 4.79 Å². The Morgan fingerprint density at radius 1 is 1.25 bits per heavy atom. The van der Waals surface area contributed by atoms with Crippen molar-refractivity contribution in [3.05, 3.63) is 69.3 Å². The monoisotopic (exact) mass is 384 g/mol. The number of aryl methyl sites for hydroxylation is 3. The number of ether oxygens (including phenoxy) is 1. The molecule has 0 saturated carbocycles. The Kier molecular flexibility index (Phi) is 7.39. The lowest BCUT2D eigenvalue weighted by molar-refractivity contribution is 0.0239. The molecule has 1 aromatic carbocycles. The van der Waals surface area contributed by atoms with Gasteiger partial charge in [0.2, 0.25) is 0 Å². The number of nitrogens with one attached hydrogen (secondary N) is 2. The van der Waals surface area contributed by atoms with Crippen molar-refractivity contribution in [3.63, 3.8) is 0 Å². The van der Waals surface area contributed by atoms with Crippen LogP contribution >= 0.6 is 0 Å². The number of morpholine rings is 1. The molecule has 1 aliphatic rings. The van der Waals surface area contributed by atoms with E-state index in [2.05, 4.69) is 22.8 Å². The molecule has 2 N–H and O–H groups in total. The average molecular weight is 384 g/mol. The molecule has 1 unspecified atom stereocenters. The minimum atomic E-state index is -0.567. The summed E-state index contributed by atoms with van der Waals surface area (Å²) < 4.78 is 11.0. The molecule has 6 nitrogen and oxygen atoms in total. The number of benzene rings is 1. The van der Waals surface area contributed by atoms with Gasteiger partial charge in [-0.15, -0.1) is 0 Å². The Balaban J connectivity index is 1.52. The van der Waals surface area contributed by atoms with Crippen LogP contribution in [0.4, 0.5) is 0 Å². The van der Waals surface area contributed by atoms with Crippen LogP contribution in [0.15, 0.2) is 45.6 Å². The zero-order valence-corrected chi connectivity index (χ0v) is 16.3. The molecule has 3 rings (SSSR count). The first-order valence-electron chi connectivity index (χ1n) is 9.91. The van der Waals surface area contributed by atoms with E-state index in [0.717, 1.165) is 25.9 Å². The predicted molar refractivity (Wildman–Crippen MR) is 108 cm³/mol. The minimum Gasteiger partial charge on any atom is -0.427 e. The molecule has 1 aromatic heterocycles. The Hall–Kier alpha value is -2.44. The maximum atomic E-state index is 12.4. The van der Waals surface area contributed by atoms with Crippen LogP contribution in [0.1, 0.15) is 40.1 Å². The van der Waals surface area contributed by atoms with Crippen LogP contribution in [0.25, 0.3) is 0 Å². The SMILES string of the molecule is Cc1cc(CCCc2ccccc2)oc(=O)c1C(=O)NCCC1CNCCO1. The summed E-state index contributed by atoms with van der Waals surface area (Å²) >= 11 is 0. The highest BCUT2D eigenvalue weighted by Gasteiger charge is 2.18. The van der Waals surface area contributed by atoms with E-state index in [4.69, 9.17) is 9.15 Å². The molecule has 2 heterocycles. The lowest BCUT2D eigenvalue weighted by Crippen LogP contribution is -2.40. The van der Waals surface area contributed by atoms with Gasteiger partial charge in [0, 0.05) is 26.1 Å². The number of hydrogen-bond donors (Lipinski definition) is 2. The molecular formula is C22H28N2O4. The summed E-state index contributed by atoms with van der Waals surface area (Å²) in [6.45, 7) is 4.58. The first-order valence-corrected chi connectivity index (χ1v) is 9.91. The van der Waals surface area contributed by atoms with Gasteiger partial charge in [0.1, 0.15) is 11.3 Å². The van der Waals surface area contributed by atoms with Crippen molar-refractivity contribution < 1.29 is 13.9 Å². The van der Waals surface area contributed by atoms with Gasteiger partial charge in [0.25, 0.3) is 5.91 Å². The summed E-state index contributed by atoms with van der Waals surface area (Å²) in [6.07, 6.45) is 3.27. The van der Waals surface area contributed by atoms with Gasteiger partial charge in [-0.1, -0.05) is 30.3 Å². The lowest BCUT2D eigenvalue weighted by Gasteiger charge is -2.23. The Morgan fingerprint density at radius 2 is 2.07 bits per heavy atom. The van der Waals surface area contributed by atoms with Crippen molar-refractivity contribution in [2.45, 2.75) is 38.7 Å². The number of rotatable bonds is 8. The topological polar surface area (TPSA) is 80.6 Å². The van der Waals surface area contributed by atoms with E-state index in [9.17, 15) is 9.59 Å². The fourth-order valence-corrected chi connectivity index (χ4v) is 3.42. The molecule has 2 aromatic rings. The fourth-order valence-electron chi connectivity index (χ4n) is 3.42. The van der Waals surface area contributed by atoms with E-state index in [1.54, 1.807) is 13.0 Å². The number of hydrogen-bond acceptors (Lipinski definition) is 5. The Morgan fingerprint density at radius 3 is 2.79 bits per heavy atom. The van der Waals surface area contributed by atoms with Crippen LogP contribution in [0.2, 0.25) is 0 Å². The van der Waals surface area contributed by atoms with Crippen molar-refractivity contribution in [2.75, 3.05) is 26.2 Å². The first-order chi connectivity index (χ1) is 13.6. The summed E-state index contributed by atoms with van der Waals surface area (Å²) in [6, 6.07) is 12.0. The molecule has 0 radical (unpaired) electrons. The van der Waals surface area contributed by atoms with Crippen molar-refractivity contribution in [2.24, 2.45) is 0 Å². The molecule has 1 amide bonds. The molecule has 6 heteroatoms. The van der Waals surface area contributed by atoms with Crippen molar-refractivity contribution >= 4 is 5.91 Å². The van der Waals surface area contributed by atoms with Crippen molar-refractivity contribution in [1.29, 1.82) is 0 Å². The fraction of sp³-hybridized carbons (Fsp3) is 0.455. The smallest absolute Gasteiger partial charge is 0.349 e. The van der Waals surface area contributed by atoms with E-state index in [-0.39, 0.29) is 17.6 Å². The summed E-state index contributed by atoms with van der Waals surface area (Å²) in [5.41, 5.74) is 1.44. The second kappa shape index (κ2) is 10.2. The van der Waals surface area contributed by atoms with Crippen LogP contribution < -0.4 is 16.3 Å². The molecule has 1 aliphatic heterocycles. The van der Waals surface area contributed by atoms with E-state index in [0.29, 0.717) is 37.3 Å². The lowest BCUT2D eigenvalue weighted by atomic mass is 10.1. The third kappa shape index (κ3) is 5.78. The third-order valence-corrected chi connectivity index (χ3v) is 4.91. The molecule has 1 fully saturated rings. The largest absolute Gasteiger partial charge is 0.427 e. The minimum absolute atomic E-state index is 0.0921. The summed E-state index contributed by atoms with van der Waals surface area (Å²) in [5, 5.41) is 6.06. The Bertz CT molecular complexity index is 826. The third-order valence-electron chi connectivity index (χ3n) is 4.91. The van der Waals surface area contributed by atoms with Gasteiger partial charge in [-0.25, -0.2) is 4.79 Å². The second-order valence-corrected chi connectivity index (χ2v) is 7.14. The van der Waals surface area contributed by atoms with E-state index < -0.39 is 5.63 Å². The quantitative estimate of drug-likeness (QED) is 0.730. The van der Waals surface area contributed by atoms with Crippen LogP contribution in [0.5, 0.6) is 0 Å². The maximum absolute atomic E-state index is 12.4. The van der Waals surface area contributed by atoms with Gasteiger partial charge >= 0.3 is 5.63 Å². The van der Waals surface area contributed by atoms with Crippen LogP contribution in [-0.2, 0) is 17.6 Å². The van der Waals surface area contributed by atoms with E-state index in [1.807, 2.05) is 18.2 Å². The first kappa shape index (κ1) is 20.3. The summed E-state index contributed by atoms with van der Waals surface area (Å²) in [7, 11) is 0. The second-order valence-electron chi connectivity index (χ2n) is 7.14. The van der Waals surface area contributed by atoms with Gasteiger partial charge in [0.15, 0.2) is 0 Å². The highest BCUT2D eigenvalue weighted by Crippen LogP contribution is 2.11. The Labute approximate surface area is 165 Å². The van der Waals surface area contributed by atoms with Gasteiger partial charge in [-0.2, -0.15) is 0 Å². The normalized spacial score (nSPS) is 16.7. The molecular weight excluding hydrogens is 356 g/mol. The molecule has 0 bridgehead atoms. The van der Waals surface area contributed by atoms with Crippen molar-refractivity contribution in [3.8, 4) is 0 Å². The standard InChI is InChI=1S/C22H28N2O4/c1-16-14-18(9-5-8-17-6-3-2-4-7-17)28-22(26)20(16)21(25)24-11-10-19-15-23-12-13-27-19/h2-4,6-7,14,19,23H,5,8-13,15H2,1H3,(H,24,25). The van der Waals surface area contributed by atoms with Crippen molar-refractivity contribution in [1.82, 2.24) is 10.6 Å². The average Bonchev–Trinajstić information content (AvgIpc) is 2.69. The predicted octanol–water partition coefficient (Wildman–Crippen LogP) is 2.23. The molecule has 150 valence electrons. The summed E-state index contributed by atoms with van der Waals surface area (Å²) in [5.74, 6) is 0.238. The molecule has 1 saturated heterocycles. The number of carbonyl (C=O) groups excluding carboxylic acids is 1. The van der Waals surface area contributed by atoms with Gasteiger partial charge in [0.05, 0.1) is 12.7 Å². The van der Waals surface area contributed by atoms with Gasteiger partial charge in [-0.05, 0) is 43.4 Å². The van der Waals surface area contributed by atoms with E-state index in [1.165, 1.54) is 5.56 Å². The molecule has 1 atom stereocenters. The van der Waals surface area contributed by atoms with E-state index >= 15 is 0 Å². The van der Waals surface area contributed by atoms with Crippen LogP contribution in [0, 0.1) is 6.92 Å². The highest BCUT2D eigenvalue weighted by molar-refractivity contribution is 5.95. The number of carbonyl (C=O) groups is 1. The molecule has 0 spiro atoms. The summed E-state index contributed by atoms with van der Waals surface area (Å²) in [4.78, 5) is 24.7. The van der Waals surface area contributed by atoms with Crippen LogP contribution in [0.3, 0.4) is 0 Å². The zero-order valence-electron chi connectivity index (χ0n) is 16.3. The van der Waals surface area contributed by atoms with Crippen LogP contribution in [-0.4, -0.2) is 38.3 Å². The van der Waals surface area contributed by atoms with Gasteiger partial charge < -0.3 is 19.8 Å². The zero-order chi connectivity index (χ0) is 19.8. The number of amides is 1. The molecule has 28 heavy (non-hydrogen) atoms. The molecule has 0 aliphatic carbocycles.